The third-order valence-corrected chi connectivity index (χ3v) is 4.65. The molecule has 1 aliphatic heterocycles. The van der Waals surface area contributed by atoms with E-state index in [2.05, 4.69) is 29.0 Å². The maximum Gasteiger partial charge on any atom is 0.257 e. The number of carbonyl (C=O) groups is 2. The summed E-state index contributed by atoms with van der Waals surface area (Å²) in [5, 5.41) is 3.00. The summed E-state index contributed by atoms with van der Waals surface area (Å²) in [6.45, 7) is 7.05. The summed E-state index contributed by atoms with van der Waals surface area (Å²) in [4.78, 5) is 31.7. The predicted molar refractivity (Wildman–Crippen MR) is 103 cm³/mol. The van der Waals surface area contributed by atoms with Crippen LogP contribution in [0.1, 0.15) is 35.7 Å². The number of pyridine rings is 1. The zero-order chi connectivity index (χ0) is 18.5. The van der Waals surface area contributed by atoms with Gasteiger partial charge < -0.3 is 15.1 Å². The van der Waals surface area contributed by atoms with Crippen molar-refractivity contribution in [1.29, 1.82) is 0 Å². The zero-order valence-electron chi connectivity index (χ0n) is 15.2. The molecule has 1 N–H and O–H groups in total. The van der Waals surface area contributed by atoms with Crippen LogP contribution in [-0.2, 0) is 4.79 Å². The monoisotopic (exact) mass is 352 g/mol. The molecule has 2 amide bonds. The molecule has 0 radical (unpaired) electrons. The molecule has 3 rings (SSSR count). The number of carbonyl (C=O) groups excluding carboxylic acids is 2. The molecule has 2 aromatic rings. The number of amides is 2. The van der Waals surface area contributed by atoms with Crippen LogP contribution in [0, 0.1) is 0 Å². The van der Waals surface area contributed by atoms with Crippen LogP contribution in [0.15, 0.2) is 42.7 Å². The Morgan fingerprint density at radius 2 is 1.88 bits per heavy atom. The molecule has 0 atom stereocenters. The number of rotatable bonds is 5. The molecular weight excluding hydrogens is 328 g/mol. The molecule has 6 nitrogen and oxygen atoms in total. The molecule has 0 unspecified atom stereocenters. The summed E-state index contributed by atoms with van der Waals surface area (Å²) < 4.78 is 0. The third kappa shape index (κ3) is 4.02. The molecule has 6 heteroatoms. The number of benzene rings is 1. The van der Waals surface area contributed by atoms with E-state index in [4.69, 9.17) is 0 Å². The van der Waals surface area contributed by atoms with Crippen molar-refractivity contribution < 1.29 is 9.59 Å². The van der Waals surface area contributed by atoms with E-state index in [1.54, 1.807) is 17.3 Å². The highest BCUT2D eigenvalue weighted by atomic mass is 16.1. The van der Waals surface area contributed by atoms with Gasteiger partial charge in [0.25, 0.3) is 5.91 Å². The number of hydrogen-bond donors (Lipinski definition) is 1. The van der Waals surface area contributed by atoms with Gasteiger partial charge >= 0.3 is 0 Å². The van der Waals surface area contributed by atoms with Crippen LogP contribution in [0.3, 0.4) is 0 Å². The number of hydrogen-bond acceptors (Lipinski definition) is 4. The first-order valence-electron chi connectivity index (χ1n) is 8.88. The van der Waals surface area contributed by atoms with E-state index >= 15 is 0 Å². The van der Waals surface area contributed by atoms with E-state index in [-0.39, 0.29) is 5.91 Å². The summed E-state index contributed by atoms with van der Waals surface area (Å²) in [5.74, 6) is 0.157. The summed E-state index contributed by atoms with van der Waals surface area (Å²) in [7, 11) is 0. The van der Waals surface area contributed by atoms with Crippen molar-refractivity contribution in [3.05, 3.63) is 53.9 Å². The van der Waals surface area contributed by atoms with Crippen LogP contribution >= 0.6 is 0 Å². The van der Waals surface area contributed by atoms with Gasteiger partial charge in [-0.25, -0.2) is 0 Å². The SMILES string of the molecule is CC(C)c1ccccc1NC(=O)c1cncc(N2CCN(C=O)CC2)c1. The molecule has 1 aromatic heterocycles. The molecule has 2 heterocycles. The minimum Gasteiger partial charge on any atom is -0.367 e. The lowest BCUT2D eigenvalue weighted by molar-refractivity contribution is -0.118. The third-order valence-electron chi connectivity index (χ3n) is 4.65. The Labute approximate surface area is 153 Å². The topological polar surface area (TPSA) is 65.5 Å². The number of anilines is 2. The molecule has 26 heavy (non-hydrogen) atoms. The van der Waals surface area contributed by atoms with Gasteiger partial charge in [0.2, 0.25) is 6.41 Å². The lowest BCUT2D eigenvalue weighted by Gasteiger charge is -2.34. The Morgan fingerprint density at radius 1 is 1.15 bits per heavy atom. The molecule has 0 saturated carbocycles. The van der Waals surface area contributed by atoms with Crippen LogP contribution in [0.25, 0.3) is 0 Å². The summed E-state index contributed by atoms with van der Waals surface area (Å²) in [6, 6.07) is 9.70. The van der Waals surface area contributed by atoms with Crippen molar-refractivity contribution in [2.45, 2.75) is 19.8 Å². The second kappa shape index (κ2) is 7.99. The van der Waals surface area contributed by atoms with Crippen LogP contribution in [-0.4, -0.2) is 48.4 Å². The zero-order valence-corrected chi connectivity index (χ0v) is 15.2. The Hall–Kier alpha value is -2.89. The predicted octanol–water partition coefficient (Wildman–Crippen LogP) is 2.74. The van der Waals surface area contributed by atoms with Crippen molar-refractivity contribution >= 4 is 23.7 Å². The average Bonchev–Trinajstić information content (AvgIpc) is 2.68. The van der Waals surface area contributed by atoms with Gasteiger partial charge in [-0.2, -0.15) is 0 Å². The molecule has 0 aliphatic carbocycles. The van der Waals surface area contributed by atoms with Gasteiger partial charge in [0.1, 0.15) is 0 Å². The smallest absolute Gasteiger partial charge is 0.257 e. The first kappa shape index (κ1) is 17.9. The quantitative estimate of drug-likeness (QED) is 0.841. The van der Waals surface area contributed by atoms with Gasteiger partial charge in [-0.3, -0.25) is 14.6 Å². The van der Waals surface area contributed by atoms with Gasteiger partial charge in [0.05, 0.1) is 17.4 Å². The number of nitrogens with one attached hydrogen (secondary N) is 1. The highest BCUT2D eigenvalue weighted by Crippen LogP contribution is 2.24. The maximum absolute atomic E-state index is 12.7. The number of para-hydroxylation sites is 1. The van der Waals surface area contributed by atoms with E-state index in [0.29, 0.717) is 24.6 Å². The van der Waals surface area contributed by atoms with E-state index in [0.717, 1.165) is 36.4 Å². The highest BCUT2D eigenvalue weighted by Gasteiger charge is 2.18. The molecule has 0 bridgehead atoms. The van der Waals surface area contributed by atoms with Crippen molar-refractivity contribution in [3.8, 4) is 0 Å². The molecule has 1 saturated heterocycles. The van der Waals surface area contributed by atoms with Gasteiger partial charge in [0.15, 0.2) is 0 Å². The van der Waals surface area contributed by atoms with Crippen molar-refractivity contribution in [2.75, 3.05) is 36.4 Å². The standard InChI is InChI=1S/C20H24N4O2/c1-15(2)18-5-3-4-6-19(18)22-20(26)16-11-17(13-21-12-16)24-9-7-23(14-25)8-10-24/h3-6,11-15H,7-10H2,1-2H3,(H,22,26). The first-order valence-corrected chi connectivity index (χ1v) is 8.88. The number of aromatic nitrogens is 1. The largest absolute Gasteiger partial charge is 0.367 e. The minimum absolute atomic E-state index is 0.168. The Morgan fingerprint density at radius 3 is 2.58 bits per heavy atom. The van der Waals surface area contributed by atoms with Crippen molar-refractivity contribution in [1.82, 2.24) is 9.88 Å². The van der Waals surface area contributed by atoms with E-state index in [1.165, 1.54) is 0 Å². The van der Waals surface area contributed by atoms with Crippen LogP contribution in [0.5, 0.6) is 0 Å². The fourth-order valence-electron chi connectivity index (χ4n) is 3.12. The lowest BCUT2D eigenvalue weighted by Crippen LogP contribution is -2.45. The van der Waals surface area contributed by atoms with E-state index < -0.39 is 0 Å². The van der Waals surface area contributed by atoms with Gasteiger partial charge in [-0.1, -0.05) is 32.0 Å². The second-order valence-corrected chi connectivity index (χ2v) is 6.76. The Bertz CT molecular complexity index is 783. The number of piperazine rings is 1. The normalized spacial score (nSPS) is 14.4. The van der Waals surface area contributed by atoms with Crippen molar-refractivity contribution in [2.24, 2.45) is 0 Å². The van der Waals surface area contributed by atoms with Gasteiger partial charge in [-0.15, -0.1) is 0 Å². The fourth-order valence-corrected chi connectivity index (χ4v) is 3.12. The summed E-state index contributed by atoms with van der Waals surface area (Å²) >= 11 is 0. The lowest BCUT2D eigenvalue weighted by atomic mass is 10.0. The van der Waals surface area contributed by atoms with Crippen LogP contribution in [0.4, 0.5) is 11.4 Å². The Kier molecular flexibility index (Phi) is 5.51. The second-order valence-electron chi connectivity index (χ2n) is 6.76. The first-order chi connectivity index (χ1) is 12.6. The molecule has 0 spiro atoms. The molecule has 1 aliphatic rings. The molecule has 136 valence electrons. The average molecular weight is 352 g/mol. The molecule has 1 fully saturated rings. The van der Waals surface area contributed by atoms with Crippen molar-refractivity contribution in [3.63, 3.8) is 0 Å². The minimum atomic E-state index is -0.168. The summed E-state index contributed by atoms with van der Waals surface area (Å²) in [6.07, 6.45) is 4.22. The van der Waals surface area contributed by atoms with Gasteiger partial charge in [-0.05, 0) is 23.6 Å². The summed E-state index contributed by atoms with van der Waals surface area (Å²) in [5.41, 5.74) is 3.37. The molecule has 1 aromatic carbocycles. The van der Waals surface area contributed by atoms with E-state index in [9.17, 15) is 9.59 Å². The Balaban J connectivity index is 1.74. The molecular formula is C20H24N4O2. The van der Waals surface area contributed by atoms with Crippen LogP contribution < -0.4 is 10.2 Å². The van der Waals surface area contributed by atoms with Crippen LogP contribution in [0.2, 0.25) is 0 Å². The maximum atomic E-state index is 12.7. The van der Waals surface area contributed by atoms with E-state index in [1.807, 2.05) is 30.3 Å². The fraction of sp³-hybridized carbons (Fsp3) is 0.350. The number of nitrogens with zero attached hydrogens (tertiary/aromatic N) is 3. The van der Waals surface area contributed by atoms with Gasteiger partial charge in [0, 0.05) is 38.1 Å². The highest BCUT2D eigenvalue weighted by molar-refractivity contribution is 6.05.